The maximum atomic E-state index is 13.7. The summed E-state index contributed by atoms with van der Waals surface area (Å²) in [5.41, 5.74) is 7.28. The van der Waals surface area contributed by atoms with Crippen LogP contribution in [0.5, 0.6) is 0 Å². The van der Waals surface area contributed by atoms with Crippen LogP contribution in [0.25, 0.3) is 11.1 Å². The molecule has 0 unspecified atom stereocenters. The normalized spacial score (nSPS) is 28.1. The average molecular weight is 374 g/mol. The largest absolute Gasteiger partial charge is 0.416 e. The lowest BCUT2D eigenvalue weighted by Crippen LogP contribution is -2.38. The molecule has 3 N–H and O–H groups in total. The quantitative estimate of drug-likeness (QED) is 0.782. The van der Waals surface area contributed by atoms with Gasteiger partial charge in [0.05, 0.1) is 5.56 Å². The number of benzene rings is 2. The standard InChI is InChI=1S/C22H25F3N2/c23-22(24,25)20-12-15(14-4-2-1-3-5-14)6-11-18(20)19-13-21(19)27-17-9-7-16(26)8-10-17/h1-6,11-12,16-17,19,21,27H,7-10,13,26H2/t16-,17+,19-,21+/m1/s1. The number of hydrogen-bond acceptors (Lipinski definition) is 2. The van der Waals surface area contributed by atoms with Crippen LogP contribution in [0.15, 0.2) is 48.5 Å². The van der Waals surface area contributed by atoms with Gasteiger partial charge >= 0.3 is 6.18 Å². The number of nitrogens with one attached hydrogen (secondary N) is 1. The third-order valence-electron chi connectivity index (χ3n) is 5.88. The summed E-state index contributed by atoms with van der Waals surface area (Å²) in [4.78, 5) is 0. The van der Waals surface area contributed by atoms with Crippen LogP contribution < -0.4 is 11.1 Å². The van der Waals surface area contributed by atoms with E-state index in [1.54, 1.807) is 6.07 Å². The molecule has 2 saturated carbocycles. The van der Waals surface area contributed by atoms with Crippen molar-refractivity contribution >= 4 is 0 Å². The van der Waals surface area contributed by atoms with Gasteiger partial charge in [0.1, 0.15) is 0 Å². The Balaban J connectivity index is 1.53. The van der Waals surface area contributed by atoms with E-state index in [1.807, 2.05) is 36.4 Å². The van der Waals surface area contributed by atoms with E-state index in [-0.39, 0.29) is 18.0 Å². The van der Waals surface area contributed by atoms with Crippen LogP contribution in [0.3, 0.4) is 0 Å². The van der Waals surface area contributed by atoms with E-state index in [0.29, 0.717) is 17.2 Å². The minimum Gasteiger partial charge on any atom is -0.328 e. The zero-order valence-corrected chi connectivity index (χ0v) is 15.2. The molecule has 2 fully saturated rings. The minimum atomic E-state index is -4.34. The molecule has 2 nitrogen and oxygen atoms in total. The molecule has 4 rings (SSSR count). The predicted octanol–water partition coefficient (Wildman–Crippen LogP) is 5.09. The summed E-state index contributed by atoms with van der Waals surface area (Å²) in [5.74, 6) is -0.0537. The van der Waals surface area contributed by atoms with Crippen molar-refractivity contribution in [1.29, 1.82) is 0 Å². The van der Waals surface area contributed by atoms with E-state index in [2.05, 4.69) is 5.32 Å². The maximum Gasteiger partial charge on any atom is 0.416 e. The Morgan fingerprint density at radius 2 is 1.59 bits per heavy atom. The van der Waals surface area contributed by atoms with E-state index in [4.69, 9.17) is 5.73 Å². The van der Waals surface area contributed by atoms with Gasteiger partial charge in [0.25, 0.3) is 0 Å². The summed E-state index contributed by atoms with van der Waals surface area (Å²) < 4.78 is 41.2. The van der Waals surface area contributed by atoms with Crippen LogP contribution in [0, 0.1) is 0 Å². The molecule has 2 aliphatic rings. The Morgan fingerprint density at radius 3 is 2.26 bits per heavy atom. The van der Waals surface area contributed by atoms with Crippen molar-refractivity contribution in [3.63, 3.8) is 0 Å². The fourth-order valence-corrected chi connectivity index (χ4v) is 4.25. The fraction of sp³-hybridized carbons (Fsp3) is 0.455. The van der Waals surface area contributed by atoms with E-state index >= 15 is 0 Å². The molecule has 0 radical (unpaired) electrons. The molecular formula is C22H25F3N2. The zero-order chi connectivity index (χ0) is 19.0. The van der Waals surface area contributed by atoms with Crippen molar-refractivity contribution < 1.29 is 13.2 Å². The molecule has 0 aliphatic heterocycles. The second-order valence-corrected chi connectivity index (χ2v) is 7.89. The van der Waals surface area contributed by atoms with E-state index in [9.17, 15) is 13.2 Å². The highest BCUT2D eigenvalue weighted by Gasteiger charge is 2.45. The first-order valence-electron chi connectivity index (χ1n) is 9.70. The summed E-state index contributed by atoms with van der Waals surface area (Å²) in [5, 5.41) is 3.56. The molecule has 0 amide bonds. The monoisotopic (exact) mass is 374 g/mol. The molecule has 2 atom stereocenters. The number of halogens is 3. The molecular weight excluding hydrogens is 349 g/mol. The summed E-state index contributed by atoms with van der Waals surface area (Å²) in [6, 6.07) is 14.8. The highest BCUT2D eigenvalue weighted by atomic mass is 19.4. The maximum absolute atomic E-state index is 13.7. The first kappa shape index (κ1) is 18.5. The second-order valence-electron chi connectivity index (χ2n) is 7.89. The van der Waals surface area contributed by atoms with Gasteiger partial charge in [-0.3, -0.25) is 0 Å². The Morgan fingerprint density at radius 1 is 0.889 bits per heavy atom. The van der Waals surface area contributed by atoms with Gasteiger partial charge in [-0.2, -0.15) is 13.2 Å². The second kappa shape index (κ2) is 7.28. The molecule has 0 spiro atoms. The zero-order valence-electron chi connectivity index (χ0n) is 15.2. The molecule has 2 aromatic carbocycles. The molecule has 0 saturated heterocycles. The third kappa shape index (κ3) is 4.19. The van der Waals surface area contributed by atoms with Crippen LogP contribution in [0.4, 0.5) is 13.2 Å². The lowest BCUT2D eigenvalue weighted by molar-refractivity contribution is -0.138. The van der Waals surface area contributed by atoms with Crippen molar-refractivity contribution in [2.45, 2.75) is 62.3 Å². The average Bonchev–Trinajstić information content (AvgIpc) is 3.42. The molecule has 0 heterocycles. The molecule has 0 aromatic heterocycles. The van der Waals surface area contributed by atoms with Crippen LogP contribution in [0.1, 0.15) is 49.1 Å². The Labute approximate surface area is 158 Å². The lowest BCUT2D eigenvalue weighted by atomic mass is 9.91. The van der Waals surface area contributed by atoms with Crippen molar-refractivity contribution in [1.82, 2.24) is 5.32 Å². The number of alkyl halides is 3. The smallest absolute Gasteiger partial charge is 0.328 e. The SMILES string of the molecule is N[C@H]1CC[C@@H](N[C@H]2C[C@@H]2c2ccc(-c3ccccc3)cc2C(F)(F)F)CC1. The van der Waals surface area contributed by atoms with Crippen molar-refractivity contribution in [3.8, 4) is 11.1 Å². The van der Waals surface area contributed by atoms with E-state index in [1.165, 1.54) is 6.07 Å². The van der Waals surface area contributed by atoms with Gasteiger partial charge in [0.2, 0.25) is 0 Å². The Hall–Kier alpha value is -1.85. The van der Waals surface area contributed by atoms with E-state index in [0.717, 1.165) is 37.7 Å². The summed E-state index contributed by atoms with van der Waals surface area (Å²) in [6.07, 6.45) is 0.456. The lowest BCUT2D eigenvalue weighted by Gasteiger charge is -2.27. The molecule has 144 valence electrons. The van der Waals surface area contributed by atoms with Crippen LogP contribution in [0.2, 0.25) is 0 Å². The highest BCUT2D eigenvalue weighted by Crippen LogP contribution is 2.47. The third-order valence-corrected chi connectivity index (χ3v) is 5.88. The molecule has 0 bridgehead atoms. The Bertz CT molecular complexity index is 780. The van der Waals surface area contributed by atoms with Gasteiger partial charge in [0, 0.05) is 24.0 Å². The summed E-state index contributed by atoms with van der Waals surface area (Å²) in [7, 11) is 0. The molecule has 2 aliphatic carbocycles. The minimum absolute atomic E-state index is 0.0537. The summed E-state index contributed by atoms with van der Waals surface area (Å²) >= 11 is 0. The first-order chi connectivity index (χ1) is 12.9. The van der Waals surface area contributed by atoms with Crippen molar-refractivity contribution in [2.24, 2.45) is 5.73 Å². The first-order valence-corrected chi connectivity index (χ1v) is 9.70. The highest BCUT2D eigenvalue weighted by molar-refractivity contribution is 5.65. The molecule has 5 heteroatoms. The molecule has 27 heavy (non-hydrogen) atoms. The van der Waals surface area contributed by atoms with Gasteiger partial charge in [-0.15, -0.1) is 0 Å². The number of nitrogens with two attached hydrogens (primary N) is 1. The van der Waals surface area contributed by atoms with Gasteiger partial charge < -0.3 is 11.1 Å². The summed E-state index contributed by atoms with van der Waals surface area (Å²) in [6.45, 7) is 0. The van der Waals surface area contributed by atoms with Crippen LogP contribution >= 0.6 is 0 Å². The van der Waals surface area contributed by atoms with E-state index < -0.39 is 11.7 Å². The van der Waals surface area contributed by atoms with Crippen LogP contribution in [-0.2, 0) is 6.18 Å². The number of rotatable bonds is 4. The van der Waals surface area contributed by atoms with Gasteiger partial charge in [-0.1, -0.05) is 42.5 Å². The fourth-order valence-electron chi connectivity index (χ4n) is 4.25. The predicted molar refractivity (Wildman–Crippen MR) is 101 cm³/mol. The Kier molecular flexibility index (Phi) is 4.99. The van der Waals surface area contributed by atoms with Crippen molar-refractivity contribution in [3.05, 3.63) is 59.7 Å². The molecule has 2 aromatic rings. The topological polar surface area (TPSA) is 38.0 Å². The number of hydrogen-bond donors (Lipinski definition) is 2. The van der Waals surface area contributed by atoms with Crippen molar-refractivity contribution in [2.75, 3.05) is 0 Å². The van der Waals surface area contributed by atoms with Gasteiger partial charge in [0.15, 0.2) is 0 Å². The van der Waals surface area contributed by atoms with Gasteiger partial charge in [-0.25, -0.2) is 0 Å². The van der Waals surface area contributed by atoms with Gasteiger partial charge in [-0.05, 0) is 54.9 Å². The van der Waals surface area contributed by atoms with Crippen LogP contribution in [-0.4, -0.2) is 18.1 Å².